The SMILES string of the molecule is CCc1cnc(CNC(=NC)N2CCN(c3ccccc3Cl)CC2)s1. The third-order valence-electron chi connectivity index (χ3n) is 4.33. The number of aryl methyl sites for hydroxylation is 1. The molecule has 3 rings (SSSR count). The normalized spacial score (nSPS) is 15.6. The molecular formula is C18H24ClN5S. The van der Waals surface area contributed by atoms with Crippen molar-refractivity contribution in [2.45, 2.75) is 19.9 Å². The fourth-order valence-corrected chi connectivity index (χ4v) is 4.00. The second-order valence-electron chi connectivity index (χ2n) is 5.90. The van der Waals surface area contributed by atoms with E-state index in [0.29, 0.717) is 0 Å². The van der Waals surface area contributed by atoms with Crippen molar-refractivity contribution >= 4 is 34.6 Å². The third kappa shape index (κ3) is 4.44. The van der Waals surface area contributed by atoms with Crippen LogP contribution in [0.1, 0.15) is 16.8 Å². The molecule has 5 nitrogen and oxygen atoms in total. The van der Waals surface area contributed by atoms with Crippen LogP contribution in [0.5, 0.6) is 0 Å². The third-order valence-corrected chi connectivity index (χ3v) is 5.79. The number of anilines is 1. The van der Waals surface area contributed by atoms with E-state index in [0.717, 1.165) is 60.8 Å². The summed E-state index contributed by atoms with van der Waals surface area (Å²) in [6.07, 6.45) is 3.00. The molecule has 2 heterocycles. The molecule has 0 atom stereocenters. The van der Waals surface area contributed by atoms with Crippen LogP contribution in [0.4, 0.5) is 5.69 Å². The molecule has 1 fully saturated rings. The second kappa shape index (κ2) is 8.54. The zero-order chi connectivity index (χ0) is 17.6. The van der Waals surface area contributed by atoms with Crippen molar-refractivity contribution < 1.29 is 0 Å². The molecule has 134 valence electrons. The molecule has 1 saturated heterocycles. The Morgan fingerprint density at radius 3 is 2.68 bits per heavy atom. The summed E-state index contributed by atoms with van der Waals surface area (Å²) >= 11 is 8.08. The summed E-state index contributed by atoms with van der Waals surface area (Å²) in [5.41, 5.74) is 1.11. The summed E-state index contributed by atoms with van der Waals surface area (Å²) in [4.78, 5) is 14.8. The quantitative estimate of drug-likeness (QED) is 0.656. The molecule has 1 aliphatic heterocycles. The number of rotatable bonds is 4. The Balaban J connectivity index is 1.54. The van der Waals surface area contributed by atoms with E-state index in [1.165, 1.54) is 4.88 Å². The minimum atomic E-state index is 0.724. The highest BCUT2D eigenvalue weighted by atomic mass is 35.5. The summed E-state index contributed by atoms with van der Waals surface area (Å²) in [6, 6.07) is 8.03. The van der Waals surface area contributed by atoms with E-state index in [2.05, 4.69) is 38.1 Å². The number of hydrogen-bond donors (Lipinski definition) is 1. The van der Waals surface area contributed by atoms with Crippen LogP contribution in [0, 0.1) is 0 Å². The standard InChI is InChI=1S/C18H24ClN5S/c1-3-14-12-21-17(25-14)13-22-18(20-2)24-10-8-23(9-11-24)16-7-5-4-6-15(16)19/h4-7,12H,3,8-11,13H2,1-2H3,(H,20,22). The van der Waals surface area contributed by atoms with Gasteiger partial charge < -0.3 is 15.1 Å². The van der Waals surface area contributed by atoms with E-state index in [9.17, 15) is 0 Å². The first kappa shape index (κ1) is 18.0. The number of para-hydroxylation sites is 1. The van der Waals surface area contributed by atoms with Gasteiger partial charge in [0.15, 0.2) is 5.96 Å². The molecule has 0 unspecified atom stereocenters. The van der Waals surface area contributed by atoms with Crippen molar-refractivity contribution in [2.24, 2.45) is 4.99 Å². The van der Waals surface area contributed by atoms with Crippen LogP contribution in [-0.2, 0) is 13.0 Å². The van der Waals surface area contributed by atoms with Crippen molar-refractivity contribution in [1.82, 2.24) is 15.2 Å². The summed E-state index contributed by atoms with van der Waals surface area (Å²) in [6.45, 7) is 6.58. The Hall–Kier alpha value is -1.79. The molecule has 0 bridgehead atoms. The van der Waals surface area contributed by atoms with Crippen molar-refractivity contribution in [2.75, 3.05) is 38.1 Å². The van der Waals surface area contributed by atoms with Gasteiger partial charge in [-0.05, 0) is 18.6 Å². The number of guanidine groups is 1. The number of halogens is 1. The predicted octanol–water partition coefficient (Wildman–Crippen LogP) is 3.26. The van der Waals surface area contributed by atoms with Crippen LogP contribution in [0.15, 0.2) is 35.5 Å². The van der Waals surface area contributed by atoms with Crippen LogP contribution in [0.3, 0.4) is 0 Å². The molecule has 1 N–H and O–H groups in total. The Bertz CT molecular complexity index is 722. The average Bonchev–Trinajstić information content (AvgIpc) is 3.11. The minimum Gasteiger partial charge on any atom is -0.367 e. The van der Waals surface area contributed by atoms with Crippen molar-refractivity contribution in [3.63, 3.8) is 0 Å². The maximum Gasteiger partial charge on any atom is 0.194 e. The second-order valence-corrected chi connectivity index (χ2v) is 7.51. The number of aromatic nitrogens is 1. The number of benzene rings is 1. The summed E-state index contributed by atoms with van der Waals surface area (Å²) < 4.78 is 0. The fourth-order valence-electron chi connectivity index (χ4n) is 2.95. The van der Waals surface area contributed by atoms with E-state index in [-0.39, 0.29) is 0 Å². The van der Waals surface area contributed by atoms with Crippen LogP contribution < -0.4 is 10.2 Å². The number of piperazine rings is 1. The van der Waals surface area contributed by atoms with Gasteiger partial charge in [0.05, 0.1) is 17.3 Å². The molecule has 1 aromatic carbocycles. The highest BCUT2D eigenvalue weighted by molar-refractivity contribution is 7.11. The van der Waals surface area contributed by atoms with Gasteiger partial charge >= 0.3 is 0 Å². The maximum absolute atomic E-state index is 6.32. The Morgan fingerprint density at radius 2 is 2.04 bits per heavy atom. The Morgan fingerprint density at radius 1 is 1.28 bits per heavy atom. The number of thiazole rings is 1. The van der Waals surface area contributed by atoms with E-state index in [1.54, 1.807) is 11.3 Å². The Labute approximate surface area is 158 Å². The molecular weight excluding hydrogens is 354 g/mol. The Kier molecular flexibility index (Phi) is 6.15. The zero-order valence-electron chi connectivity index (χ0n) is 14.7. The number of aliphatic imine (C=N–C) groups is 1. The van der Waals surface area contributed by atoms with E-state index in [1.807, 2.05) is 31.4 Å². The van der Waals surface area contributed by atoms with Crippen LogP contribution in [-0.4, -0.2) is 49.1 Å². The maximum atomic E-state index is 6.32. The summed E-state index contributed by atoms with van der Waals surface area (Å²) in [5.74, 6) is 0.937. The van der Waals surface area contributed by atoms with Crippen molar-refractivity contribution in [3.8, 4) is 0 Å². The lowest BCUT2D eigenvalue weighted by molar-refractivity contribution is 0.372. The van der Waals surface area contributed by atoms with Gasteiger partial charge in [-0.25, -0.2) is 4.98 Å². The molecule has 0 spiro atoms. The lowest BCUT2D eigenvalue weighted by Gasteiger charge is -2.38. The zero-order valence-corrected chi connectivity index (χ0v) is 16.3. The van der Waals surface area contributed by atoms with Gasteiger partial charge in [0.25, 0.3) is 0 Å². The smallest absolute Gasteiger partial charge is 0.194 e. The molecule has 1 aliphatic rings. The van der Waals surface area contributed by atoms with Crippen LogP contribution >= 0.6 is 22.9 Å². The lowest BCUT2D eigenvalue weighted by atomic mass is 10.2. The largest absolute Gasteiger partial charge is 0.367 e. The van der Waals surface area contributed by atoms with Gasteiger partial charge in [0, 0.05) is 44.3 Å². The van der Waals surface area contributed by atoms with Crippen molar-refractivity contribution in [3.05, 3.63) is 45.4 Å². The monoisotopic (exact) mass is 377 g/mol. The first-order valence-corrected chi connectivity index (χ1v) is 9.79. The molecule has 1 aromatic heterocycles. The number of hydrogen-bond acceptors (Lipinski definition) is 4. The van der Waals surface area contributed by atoms with Gasteiger partial charge in [0.2, 0.25) is 0 Å². The average molecular weight is 378 g/mol. The van der Waals surface area contributed by atoms with Crippen LogP contribution in [0.2, 0.25) is 5.02 Å². The van der Waals surface area contributed by atoms with Gasteiger partial charge in [-0.3, -0.25) is 4.99 Å². The molecule has 0 saturated carbocycles. The van der Waals surface area contributed by atoms with Gasteiger partial charge in [0.1, 0.15) is 5.01 Å². The van der Waals surface area contributed by atoms with Gasteiger partial charge in [-0.15, -0.1) is 11.3 Å². The molecule has 0 aliphatic carbocycles. The number of nitrogens with zero attached hydrogens (tertiary/aromatic N) is 4. The van der Waals surface area contributed by atoms with Gasteiger partial charge in [-0.2, -0.15) is 0 Å². The highest BCUT2D eigenvalue weighted by Gasteiger charge is 2.21. The first-order chi connectivity index (χ1) is 12.2. The minimum absolute atomic E-state index is 0.724. The van der Waals surface area contributed by atoms with E-state index < -0.39 is 0 Å². The summed E-state index contributed by atoms with van der Waals surface area (Å²) in [7, 11) is 1.84. The number of nitrogens with one attached hydrogen (secondary N) is 1. The van der Waals surface area contributed by atoms with E-state index in [4.69, 9.17) is 11.6 Å². The highest BCUT2D eigenvalue weighted by Crippen LogP contribution is 2.26. The molecule has 7 heteroatoms. The topological polar surface area (TPSA) is 43.8 Å². The fraction of sp³-hybridized carbons (Fsp3) is 0.444. The van der Waals surface area contributed by atoms with E-state index >= 15 is 0 Å². The molecule has 2 aromatic rings. The molecule has 25 heavy (non-hydrogen) atoms. The lowest BCUT2D eigenvalue weighted by Crippen LogP contribution is -2.52. The first-order valence-electron chi connectivity index (χ1n) is 8.60. The van der Waals surface area contributed by atoms with Gasteiger partial charge in [-0.1, -0.05) is 30.7 Å². The predicted molar refractivity (Wildman–Crippen MR) is 107 cm³/mol. The van der Waals surface area contributed by atoms with Crippen LogP contribution in [0.25, 0.3) is 0 Å². The molecule has 0 radical (unpaired) electrons. The summed E-state index contributed by atoms with van der Waals surface area (Å²) in [5, 5.41) is 5.36. The van der Waals surface area contributed by atoms with Crippen molar-refractivity contribution in [1.29, 1.82) is 0 Å². The molecule has 0 amide bonds.